The van der Waals surface area contributed by atoms with Crippen LogP contribution in [0.1, 0.15) is 40.3 Å². The number of hydrogen-bond acceptors (Lipinski definition) is 3. The predicted octanol–water partition coefficient (Wildman–Crippen LogP) is 2.31. The first-order valence-corrected chi connectivity index (χ1v) is 7.78. The van der Waals surface area contributed by atoms with Crippen LogP contribution in [0.3, 0.4) is 0 Å². The second kappa shape index (κ2) is 5.99. The van der Waals surface area contributed by atoms with Crippen molar-refractivity contribution < 1.29 is 4.79 Å². The monoisotopic (exact) mass is 348 g/mol. The summed E-state index contributed by atoms with van der Waals surface area (Å²) < 4.78 is 0.989. The highest BCUT2D eigenvalue weighted by Crippen LogP contribution is 2.23. The van der Waals surface area contributed by atoms with Crippen LogP contribution >= 0.6 is 15.9 Å². The number of halogens is 1. The molecule has 0 radical (unpaired) electrons. The zero-order valence-electron chi connectivity index (χ0n) is 11.7. The van der Waals surface area contributed by atoms with Gasteiger partial charge in [0.05, 0.1) is 6.04 Å². The van der Waals surface area contributed by atoms with Gasteiger partial charge in [-0.1, -0.05) is 34.1 Å². The van der Waals surface area contributed by atoms with E-state index in [-0.39, 0.29) is 11.9 Å². The first-order valence-electron chi connectivity index (χ1n) is 6.99. The molecule has 3 N–H and O–H groups in total. The molecule has 0 saturated carbocycles. The molecule has 1 aliphatic heterocycles. The normalized spacial score (nSPS) is 15.3. The molecule has 1 atom stereocenters. The Morgan fingerprint density at radius 2 is 2.24 bits per heavy atom. The first-order chi connectivity index (χ1) is 10.2. The van der Waals surface area contributed by atoms with Gasteiger partial charge in [0.2, 0.25) is 0 Å². The number of rotatable bonds is 3. The third-order valence-electron chi connectivity index (χ3n) is 3.74. The lowest BCUT2D eigenvalue weighted by molar-refractivity contribution is 0.0933. The van der Waals surface area contributed by atoms with Gasteiger partial charge in [-0.25, -0.2) is 0 Å². The van der Waals surface area contributed by atoms with Crippen LogP contribution in [-0.2, 0) is 13.0 Å². The van der Waals surface area contributed by atoms with Gasteiger partial charge in [0, 0.05) is 35.2 Å². The molecule has 0 aliphatic carbocycles. The summed E-state index contributed by atoms with van der Waals surface area (Å²) in [5.41, 5.74) is 3.59. The maximum Gasteiger partial charge on any atom is 0.272 e. The Balaban J connectivity index is 1.78. The minimum atomic E-state index is -0.139. The Kier molecular flexibility index (Phi) is 4.07. The second-order valence-corrected chi connectivity index (χ2v) is 6.03. The van der Waals surface area contributed by atoms with E-state index in [9.17, 15) is 4.79 Å². The summed E-state index contributed by atoms with van der Waals surface area (Å²) in [5, 5.41) is 13.4. The molecule has 5 nitrogen and oxygen atoms in total. The molecule has 0 fully saturated rings. The zero-order chi connectivity index (χ0) is 14.8. The van der Waals surface area contributed by atoms with Gasteiger partial charge >= 0.3 is 0 Å². The van der Waals surface area contributed by atoms with Crippen molar-refractivity contribution in [2.75, 3.05) is 6.54 Å². The highest BCUT2D eigenvalue weighted by molar-refractivity contribution is 9.10. The van der Waals surface area contributed by atoms with Gasteiger partial charge in [-0.2, -0.15) is 5.10 Å². The Hall–Kier alpha value is -1.66. The molecule has 1 unspecified atom stereocenters. The van der Waals surface area contributed by atoms with Crippen LogP contribution in [0, 0.1) is 0 Å². The van der Waals surface area contributed by atoms with Crippen LogP contribution in [0.2, 0.25) is 0 Å². The Morgan fingerprint density at radius 1 is 1.43 bits per heavy atom. The van der Waals surface area contributed by atoms with Gasteiger partial charge in [-0.15, -0.1) is 0 Å². The molecular formula is C15H17BrN4O. The summed E-state index contributed by atoms with van der Waals surface area (Å²) >= 11 is 3.51. The van der Waals surface area contributed by atoms with Crippen molar-refractivity contribution in [1.82, 2.24) is 20.8 Å². The fourth-order valence-corrected chi connectivity index (χ4v) is 3.21. The molecule has 1 amide bonds. The molecule has 3 rings (SSSR count). The largest absolute Gasteiger partial charge is 0.344 e. The summed E-state index contributed by atoms with van der Waals surface area (Å²) in [5.74, 6) is -0.139. The third-order valence-corrected chi connectivity index (χ3v) is 4.46. The summed E-state index contributed by atoms with van der Waals surface area (Å²) in [6.07, 6.45) is 0.884. The lowest BCUT2D eigenvalue weighted by atomic mass is 10.1. The van der Waals surface area contributed by atoms with Crippen molar-refractivity contribution in [3.63, 3.8) is 0 Å². The maximum absolute atomic E-state index is 12.4. The minimum absolute atomic E-state index is 0.0861. The van der Waals surface area contributed by atoms with Crippen LogP contribution in [0.15, 0.2) is 28.7 Å². The smallest absolute Gasteiger partial charge is 0.272 e. The number of fused-ring (bicyclic) bond motifs is 1. The molecule has 2 heterocycles. The summed E-state index contributed by atoms with van der Waals surface area (Å²) in [6.45, 7) is 3.58. The van der Waals surface area contributed by atoms with Gasteiger partial charge < -0.3 is 10.6 Å². The molecule has 0 spiro atoms. The number of amides is 1. The van der Waals surface area contributed by atoms with Gasteiger partial charge in [0.15, 0.2) is 5.69 Å². The van der Waals surface area contributed by atoms with Crippen molar-refractivity contribution >= 4 is 21.8 Å². The number of hydrogen-bond donors (Lipinski definition) is 3. The van der Waals surface area contributed by atoms with E-state index in [1.54, 1.807) is 0 Å². The standard InChI is InChI=1S/C15H17BrN4O/c1-9(10-4-2-3-5-12(10)16)18-15(21)14-11-8-17-7-6-13(11)19-20-14/h2-5,9,17H,6-8H2,1H3,(H,18,21)(H,19,20). The van der Waals surface area contributed by atoms with Crippen molar-refractivity contribution in [3.05, 3.63) is 51.3 Å². The number of carbonyl (C=O) groups excluding carboxylic acids is 1. The summed E-state index contributed by atoms with van der Waals surface area (Å²) in [6, 6.07) is 7.80. The summed E-state index contributed by atoms with van der Waals surface area (Å²) in [7, 11) is 0. The molecular weight excluding hydrogens is 332 g/mol. The molecule has 110 valence electrons. The fourth-order valence-electron chi connectivity index (χ4n) is 2.58. The van der Waals surface area contributed by atoms with Crippen molar-refractivity contribution in [3.8, 4) is 0 Å². The van der Waals surface area contributed by atoms with Crippen LogP contribution in [0.4, 0.5) is 0 Å². The van der Waals surface area contributed by atoms with E-state index >= 15 is 0 Å². The quantitative estimate of drug-likeness (QED) is 0.797. The Morgan fingerprint density at radius 3 is 3.05 bits per heavy atom. The Bertz CT molecular complexity index is 667. The summed E-state index contributed by atoms with van der Waals surface area (Å²) in [4.78, 5) is 12.4. The van der Waals surface area contributed by atoms with E-state index in [1.807, 2.05) is 31.2 Å². The van der Waals surface area contributed by atoms with Crippen LogP contribution < -0.4 is 10.6 Å². The highest BCUT2D eigenvalue weighted by atomic mass is 79.9. The number of carbonyl (C=O) groups is 1. The predicted molar refractivity (Wildman–Crippen MR) is 84.0 cm³/mol. The highest BCUT2D eigenvalue weighted by Gasteiger charge is 2.23. The first kappa shape index (κ1) is 14.3. The van der Waals surface area contributed by atoms with Crippen LogP contribution in [0.25, 0.3) is 0 Å². The van der Waals surface area contributed by atoms with Crippen LogP contribution in [0.5, 0.6) is 0 Å². The van der Waals surface area contributed by atoms with Gasteiger partial charge in [0.1, 0.15) is 0 Å². The third kappa shape index (κ3) is 2.87. The molecule has 21 heavy (non-hydrogen) atoms. The zero-order valence-corrected chi connectivity index (χ0v) is 13.3. The topological polar surface area (TPSA) is 69.8 Å². The molecule has 1 aromatic heterocycles. The number of nitrogens with one attached hydrogen (secondary N) is 3. The van der Waals surface area contributed by atoms with E-state index in [0.717, 1.165) is 34.3 Å². The molecule has 0 bridgehead atoms. The van der Waals surface area contributed by atoms with E-state index < -0.39 is 0 Å². The SMILES string of the molecule is CC(NC(=O)c1n[nH]c2c1CNCC2)c1ccccc1Br. The van der Waals surface area contributed by atoms with E-state index in [0.29, 0.717) is 12.2 Å². The molecule has 1 aromatic carbocycles. The van der Waals surface area contributed by atoms with Crippen molar-refractivity contribution in [2.45, 2.75) is 25.9 Å². The minimum Gasteiger partial charge on any atom is -0.344 e. The number of aromatic nitrogens is 2. The van der Waals surface area contributed by atoms with E-state index in [2.05, 4.69) is 36.8 Å². The van der Waals surface area contributed by atoms with Gasteiger partial charge in [-0.05, 0) is 18.6 Å². The van der Waals surface area contributed by atoms with Crippen molar-refractivity contribution in [2.24, 2.45) is 0 Å². The van der Waals surface area contributed by atoms with Gasteiger partial charge in [0.25, 0.3) is 5.91 Å². The van der Waals surface area contributed by atoms with E-state index in [1.165, 1.54) is 0 Å². The second-order valence-electron chi connectivity index (χ2n) is 5.17. The van der Waals surface area contributed by atoms with Crippen molar-refractivity contribution in [1.29, 1.82) is 0 Å². The van der Waals surface area contributed by atoms with Gasteiger partial charge in [-0.3, -0.25) is 9.89 Å². The number of nitrogens with zero attached hydrogens (tertiary/aromatic N) is 1. The number of aromatic amines is 1. The molecule has 2 aromatic rings. The van der Waals surface area contributed by atoms with Crippen LogP contribution in [-0.4, -0.2) is 22.6 Å². The number of H-pyrrole nitrogens is 1. The molecule has 6 heteroatoms. The number of benzene rings is 1. The average molecular weight is 349 g/mol. The average Bonchev–Trinajstić information content (AvgIpc) is 2.91. The van der Waals surface area contributed by atoms with E-state index in [4.69, 9.17) is 0 Å². The lowest BCUT2D eigenvalue weighted by Crippen LogP contribution is -2.30. The fraction of sp³-hybridized carbons (Fsp3) is 0.333. The molecule has 0 saturated heterocycles. The Labute approximate surface area is 131 Å². The molecule has 1 aliphatic rings. The lowest BCUT2D eigenvalue weighted by Gasteiger charge is -2.17. The maximum atomic E-state index is 12.4.